The lowest BCUT2D eigenvalue weighted by Gasteiger charge is -2.13. The molecule has 0 aliphatic rings. The molecule has 1 heterocycles. The molecule has 2 amide bonds. The van der Waals surface area contributed by atoms with Crippen molar-refractivity contribution in [2.24, 2.45) is 0 Å². The summed E-state index contributed by atoms with van der Waals surface area (Å²) in [5.74, 6) is -0.950. The molecule has 0 bridgehead atoms. The van der Waals surface area contributed by atoms with E-state index in [0.29, 0.717) is 6.54 Å². The maximum Gasteiger partial charge on any atom is 0.325 e. The zero-order valence-corrected chi connectivity index (χ0v) is 10.5. The fourth-order valence-corrected chi connectivity index (χ4v) is 1.82. The van der Waals surface area contributed by atoms with E-state index in [-0.39, 0.29) is 5.92 Å². The summed E-state index contributed by atoms with van der Waals surface area (Å²) in [5.41, 5.74) is 0. The van der Waals surface area contributed by atoms with Gasteiger partial charge in [0.2, 0.25) is 0 Å². The molecule has 0 radical (unpaired) electrons. The molecule has 1 rings (SSSR count). The predicted octanol–water partition coefficient (Wildman–Crippen LogP) is 1.02. The summed E-state index contributed by atoms with van der Waals surface area (Å²) in [6.45, 7) is 3.78. The normalized spacial score (nSPS) is 13.8. The second-order valence-electron chi connectivity index (χ2n) is 3.69. The highest BCUT2D eigenvalue weighted by atomic mass is 32.1. The van der Waals surface area contributed by atoms with E-state index in [1.807, 2.05) is 12.3 Å². The first kappa shape index (κ1) is 13.4. The second kappa shape index (κ2) is 6.19. The van der Waals surface area contributed by atoms with Gasteiger partial charge in [-0.25, -0.2) is 9.78 Å². The van der Waals surface area contributed by atoms with E-state index < -0.39 is 18.0 Å². The number of carbonyl (C=O) groups excluding carboxylic acids is 1. The third-order valence-electron chi connectivity index (χ3n) is 2.16. The fraction of sp³-hybridized carbons (Fsp3) is 0.500. The molecule has 0 saturated carbocycles. The molecule has 2 atom stereocenters. The van der Waals surface area contributed by atoms with Crippen LogP contribution in [0.25, 0.3) is 0 Å². The van der Waals surface area contributed by atoms with E-state index >= 15 is 0 Å². The Morgan fingerprint density at radius 3 is 2.76 bits per heavy atom. The SMILES string of the molecule is CC(CNC(=O)N[C@H](C)C(=O)O)c1nccs1. The van der Waals surface area contributed by atoms with Crippen LogP contribution in [-0.2, 0) is 4.79 Å². The molecular weight excluding hydrogens is 242 g/mol. The summed E-state index contributed by atoms with van der Waals surface area (Å²) in [6.07, 6.45) is 1.71. The van der Waals surface area contributed by atoms with Crippen molar-refractivity contribution in [3.8, 4) is 0 Å². The highest BCUT2D eigenvalue weighted by Crippen LogP contribution is 2.16. The summed E-state index contributed by atoms with van der Waals surface area (Å²) < 4.78 is 0. The van der Waals surface area contributed by atoms with Gasteiger partial charge in [-0.3, -0.25) is 4.79 Å². The van der Waals surface area contributed by atoms with E-state index in [4.69, 9.17) is 5.11 Å². The third-order valence-corrected chi connectivity index (χ3v) is 3.17. The van der Waals surface area contributed by atoms with Crippen molar-refractivity contribution in [2.45, 2.75) is 25.8 Å². The first-order valence-corrected chi connectivity index (χ1v) is 6.05. The summed E-state index contributed by atoms with van der Waals surface area (Å²) in [4.78, 5) is 26.0. The molecule has 0 aromatic carbocycles. The fourth-order valence-electron chi connectivity index (χ4n) is 1.12. The number of rotatable bonds is 5. The molecule has 3 N–H and O–H groups in total. The second-order valence-corrected chi connectivity index (χ2v) is 4.61. The first-order chi connectivity index (χ1) is 8.00. The molecule has 6 nitrogen and oxygen atoms in total. The van der Waals surface area contributed by atoms with E-state index in [0.717, 1.165) is 5.01 Å². The van der Waals surface area contributed by atoms with Gasteiger partial charge in [0.05, 0.1) is 5.01 Å². The van der Waals surface area contributed by atoms with Crippen molar-refractivity contribution in [3.05, 3.63) is 16.6 Å². The number of carboxylic acids is 1. The van der Waals surface area contributed by atoms with Crippen LogP contribution in [0, 0.1) is 0 Å². The zero-order chi connectivity index (χ0) is 12.8. The van der Waals surface area contributed by atoms with Crippen LogP contribution in [-0.4, -0.2) is 34.7 Å². The Balaban J connectivity index is 2.31. The molecule has 1 aromatic rings. The lowest BCUT2D eigenvalue weighted by Crippen LogP contribution is -2.45. The minimum Gasteiger partial charge on any atom is -0.480 e. The Bertz CT molecular complexity index is 380. The number of nitrogens with zero attached hydrogens (tertiary/aromatic N) is 1. The Morgan fingerprint density at radius 2 is 2.24 bits per heavy atom. The summed E-state index contributed by atoms with van der Waals surface area (Å²) in [6, 6.07) is -1.38. The van der Waals surface area contributed by atoms with Gasteiger partial charge in [0, 0.05) is 24.0 Å². The van der Waals surface area contributed by atoms with Crippen molar-refractivity contribution < 1.29 is 14.7 Å². The number of hydrogen-bond donors (Lipinski definition) is 3. The van der Waals surface area contributed by atoms with Gasteiger partial charge in [-0.1, -0.05) is 6.92 Å². The third kappa shape index (κ3) is 4.39. The lowest BCUT2D eigenvalue weighted by molar-refractivity contribution is -0.138. The van der Waals surface area contributed by atoms with Crippen LogP contribution in [0.2, 0.25) is 0 Å². The number of hydrogen-bond acceptors (Lipinski definition) is 4. The molecule has 94 valence electrons. The number of nitrogens with one attached hydrogen (secondary N) is 2. The van der Waals surface area contributed by atoms with Crippen LogP contribution in [0.3, 0.4) is 0 Å². The molecule has 0 aliphatic carbocycles. The molecule has 1 aromatic heterocycles. The molecule has 0 aliphatic heterocycles. The quantitative estimate of drug-likeness (QED) is 0.734. The monoisotopic (exact) mass is 257 g/mol. The van der Waals surface area contributed by atoms with Crippen molar-refractivity contribution in [3.63, 3.8) is 0 Å². The number of thiazole rings is 1. The number of carboxylic acid groups (broad SMARTS) is 1. The Labute approximate surface area is 103 Å². The predicted molar refractivity (Wildman–Crippen MR) is 64.2 cm³/mol. The van der Waals surface area contributed by atoms with Crippen LogP contribution >= 0.6 is 11.3 Å². The summed E-state index contributed by atoms with van der Waals surface area (Å²) >= 11 is 1.52. The highest BCUT2D eigenvalue weighted by Gasteiger charge is 2.15. The lowest BCUT2D eigenvalue weighted by atomic mass is 10.2. The minimum absolute atomic E-state index is 0.112. The number of aliphatic carboxylic acids is 1. The van der Waals surface area contributed by atoms with Gasteiger partial charge in [0.25, 0.3) is 0 Å². The smallest absolute Gasteiger partial charge is 0.325 e. The Hall–Kier alpha value is -1.63. The van der Waals surface area contributed by atoms with Crippen LogP contribution in [0.5, 0.6) is 0 Å². The maximum atomic E-state index is 11.3. The largest absolute Gasteiger partial charge is 0.480 e. The number of carbonyl (C=O) groups is 2. The molecule has 0 spiro atoms. The van der Waals surface area contributed by atoms with E-state index in [1.54, 1.807) is 6.20 Å². The molecule has 0 saturated heterocycles. The molecular formula is C10H15N3O3S. The average molecular weight is 257 g/mol. The minimum atomic E-state index is -1.06. The van der Waals surface area contributed by atoms with Gasteiger partial charge in [0.1, 0.15) is 6.04 Å². The topological polar surface area (TPSA) is 91.3 Å². The van der Waals surface area contributed by atoms with Gasteiger partial charge < -0.3 is 15.7 Å². The van der Waals surface area contributed by atoms with Gasteiger partial charge in [-0.05, 0) is 6.92 Å². The van der Waals surface area contributed by atoms with Crippen LogP contribution in [0.4, 0.5) is 4.79 Å². The van der Waals surface area contributed by atoms with E-state index in [9.17, 15) is 9.59 Å². The molecule has 1 unspecified atom stereocenters. The van der Waals surface area contributed by atoms with Crippen molar-refractivity contribution in [1.29, 1.82) is 0 Å². The number of aromatic nitrogens is 1. The van der Waals surface area contributed by atoms with E-state index in [2.05, 4.69) is 15.6 Å². The van der Waals surface area contributed by atoms with Crippen LogP contribution in [0.15, 0.2) is 11.6 Å². The highest BCUT2D eigenvalue weighted by molar-refractivity contribution is 7.09. The van der Waals surface area contributed by atoms with Gasteiger partial charge in [0.15, 0.2) is 0 Å². The first-order valence-electron chi connectivity index (χ1n) is 5.17. The average Bonchev–Trinajstić information content (AvgIpc) is 2.79. The molecule has 7 heteroatoms. The number of amides is 2. The van der Waals surface area contributed by atoms with Gasteiger partial charge in [-0.2, -0.15) is 0 Å². The Kier molecular flexibility index (Phi) is 4.89. The van der Waals surface area contributed by atoms with Crippen molar-refractivity contribution >= 4 is 23.3 Å². The molecule has 0 fully saturated rings. The standard InChI is InChI=1S/C10H15N3O3S/c1-6(8-11-3-4-17-8)5-12-10(16)13-7(2)9(14)15/h3-4,6-7H,5H2,1-2H3,(H,14,15)(H2,12,13,16)/t6?,7-/m1/s1. The maximum absolute atomic E-state index is 11.3. The summed E-state index contributed by atoms with van der Waals surface area (Å²) in [5, 5.41) is 16.3. The zero-order valence-electron chi connectivity index (χ0n) is 9.64. The van der Waals surface area contributed by atoms with Crippen LogP contribution in [0.1, 0.15) is 24.8 Å². The Morgan fingerprint density at radius 1 is 1.53 bits per heavy atom. The van der Waals surface area contributed by atoms with Crippen molar-refractivity contribution in [1.82, 2.24) is 15.6 Å². The summed E-state index contributed by atoms with van der Waals surface area (Å²) in [7, 11) is 0. The number of urea groups is 1. The van der Waals surface area contributed by atoms with E-state index in [1.165, 1.54) is 18.3 Å². The van der Waals surface area contributed by atoms with Crippen LogP contribution < -0.4 is 10.6 Å². The van der Waals surface area contributed by atoms with Gasteiger partial charge in [-0.15, -0.1) is 11.3 Å². The van der Waals surface area contributed by atoms with Gasteiger partial charge >= 0.3 is 12.0 Å². The van der Waals surface area contributed by atoms with Crippen molar-refractivity contribution in [2.75, 3.05) is 6.54 Å². The molecule has 17 heavy (non-hydrogen) atoms.